The van der Waals surface area contributed by atoms with Crippen LogP contribution in [0.25, 0.3) is 0 Å². The van der Waals surface area contributed by atoms with Gasteiger partial charge < -0.3 is 15.4 Å². The first-order valence-electron chi connectivity index (χ1n) is 4.60. The van der Waals surface area contributed by atoms with Gasteiger partial charge in [0, 0.05) is 7.05 Å². The van der Waals surface area contributed by atoms with Crippen molar-refractivity contribution in [3.63, 3.8) is 0 Å². The minimum Gasteiger partial charge on any atom is -0.468 e. The van der Waals surface area contributed by atoms with Crippen LogP contribution in [-0.4, -0.2) is 43.5 Å². The summed E-state index contributed by atoms with van der Waals surface area (Å²) in [5.41, 5.74) is 5.60. The summed E-state index contributed by atoms with van der Waals surface area (Å²) < 4.78 is 4.44. The van der Waals surface area contributed by atoms with Crippen molar-refractivity contribution in [3.8, 4) is 0 Å². The number of nitrogens with zero attached hydrogens (tertiary/aromatic N) is 1. The van der Waals surface area contributed by atoms with Gasteiger partial charge in [-0.05, 0) is 6.42 Å². The number of methoxy groups -OCH3 is 1. The monoisotopic (exact) mass is 202 g/mol. The molecule has 0 aliphatic carbocycles. The molecule has 0 aromatic heterocycles. The van der Waals surface area contributed by atoms with Crippen molar-refractivity contribution in [2.75, 3.05) is 20.7 Å². The molecule has 5 heteroatoms. The largest absolute Gasteiger partial charge is 0.468 e. The van der Waals surface area contributed by atoms with Crippen molar-refractivity contribution in [1.29, 1.82) is 0 Å². The molecule has 0 aliphatic heterocycles. The summed E-state index contributed by atoms with van der Waals surface area (Å²) >= 11 is 0. The highest BCUT2D eigenvalue weighted by molar-refractivity contribution is 5.85. The van der Waals surface area contributed by atoms with Crippen LogP contribution in [-0.2, 0) is 14.3 Å². The van der Waals surface area contributed by atoms with Gasteiger partial charge >= 0.3 is 5.97 Å². The van der Waals surface area contributed by atoms with Crippen molar-refractivity contribution in [2.45, 2.75) is 25.8 Å². The smallest absolute Gasteiger partial charge is 0.325 e. The van der Waals surface area contributed by atoms with Crippen LogP contribution in [0.5, 0.6) is 0 Å². The van der Waals surface area contributed by atoms with E-state index in [1.165, 1.54) is 19.1 Å². The number of nitrogens with two attached hydrogens (primary N) is 1. The number of likely N-dealkylation sites (N-methyl/N-ethyl adjacent to an activating group) is 1. The molecule has 0 spiro atoms. The molecule has 0 radical (unpaired) electrons. The van der Waals surface area contributed by atoms with Crippen LogP contribution in [0.1, 0.15) is 19.8 Å². The molecule has 0 unspecified atom stereocenters. The Balaban J connectivity index is 4.04. The van der Waals surface area contributed by atoms with Crippen LogP contribution in [0.3, 0.4) is 0 Å². The zero-order valence-electron chi connectivity index (χ0n) is 8.95. The van der Waals surface area contributed by atoms with Gasteiger partial charge in [0.15, 0.2) is 0 Å². The van der Waals surface area contributed by atoms with Gasteiger partial charge in [0.05, 0.1) is 13.2 Å². The van der Waals surface area contributed by atoms with E-state index in [1.807, 2.05) is 6.92 Å². The molecule has 0 rings (SSSR count). The van der Waals surface area contributed by atoms with Crippen LogP contribution in [0.15, 0.2) is 0 Å². The van der Waals surface area contributed by atoms with Crippen molar-refractivity contribution < 1.29 is 14.3 Å². The van der Waals surface area contributed by atoms with Crippen LogP contribution in [0.2, 0.25) is 0 Å². The Morgan fingerprint density at radius 3 is 2.50 bits per heavy atom. The molecule has 82 valence electrons. The lowest BCUT2D eigenvalue weighted by molar-refractivity contribution is -0.146. The summed E-state index contributed by atoms with van der Waals surface area (Å²) in [5.74, 6) is -0.665. The van der Waals surface area contributed by atoms with Gasteiger partial charge in [0.25, 0.3) is 0 Å². The van der Waals surface area contributed by atoms with Crippen molar-refractivity contribution >= 4 is 11.9 Å². The fourth-order valence-corrected chi connectivity index (χ4v) is 1.05. The molecule has 2 N–H and O–H groups in total. The van der Waals surface area contributed by atoms with E-state index in [1.54, 1.807) is 0 Å². The third kappa shape index (κ3) is 4.23. The highest BCUT2D eigenvalue weighted by atomic mass is 16.5. The number of amides is 1. The van der Waals surface area contributed by atoms with E-state index in [2.05, 4.69) is 4.74 Å². The summed E-state index contributed by atoms with van der Waals surface area (Å²) in [6.45, 7) is 1.90. The van der Waals surface area contributed by atoms with E-state index in [4.69, 9.17) is 5.73 Å². The lowest BCUT2D eigenvalue weighted by Gasteiger charge is -2.19. The Labute approximate surface area is 84.2 Å². The van der Waals surface area contributed by atoms with E-state index in [0.29, 0.717) is 6.42 Å². The Morgan fingerprint density at radius 2 is 2.07 bits per heavy atom. The SMILES string of the molecule is CCC[C@H](N)C(=O)N(C)CC(=O)OC. The van der Waals surface area contributed by atoms with E-state index in [9.17, 15) is 9.59 Å². The van der Waals surface area contributed by atoms with Crippen LogP contribution in [0, 0.1) is 0 Å². The highest BCUT2D eigenvalue weighted by Crippen LogP contribution is 1.98. The second-order valence-electron chi connectivity index (χ2n) is 3.17. The van der Waals surface area contributed by atoms with E-state index < -0.39 is 12.0 Å². The molecule has 5 nitrogen and oxygen atoms in total. The van der Waals surface area contributed by atoms with Crippen molar-refractivity contribution in [2.24, 2.45) is 5.73 Å². The number of carbonyl (C=O) groups excluding carboxylic acids is 2. The summed E-state index contributed by atoms with van der Waals surface area (Å²) in [7, 11) is 2.82. The first-order valence-corrected chi connectivity index (χ1v) is 4.60. The van der Waals surface area contributed by atoms with Gasteiger partial charge in [0.2, 0.25) is 5.91 Å². The molecular weight excluding hydrogens is 184 g/mol. The lowest BCUT2D eigenvalue weighted by Crippen LogP contribution is -2.43. The van der Waals surface area contributed by atoms with Crippen LogP contribution < -0.4 is 5.73 Å². The van der Waals surface area contributed by atoms with Gasteiger partial charge in [-0.15, -0.1) is 0 Å². The minimum absolute atomic E-state index is 0.0489. The molecule has 0 saturated heterocycles. The molecule has 0 fully saturated rings. The van der Waals surface area contributed by atoms with Gasteiger partial charge in [-0.2, -0.15) is 0 Å². The average molecular weight is 202 g/mol. The van der Waals surface area contributed by atoms with E-state index in [-0.39, 0.29) is 12.5 Å². The standard InChI is InChI=1S/C9H18N2O3/c1-4-5-7(10)9(13)11(2)6-8(12)14-3/h7H,4-6,10H2,1-3H3/t7-/m0/s1. The third-order valence-corrected chi connectivity index (χ3v) is 1.89. The topological polar surface area (TPSA) is 72.6 Å². The van der Waals surface area contributed by atoms with Gasteiger partial charge in [0.1, 0.15) is 6.54 Å². The molecule has 14 heavy (non-hydrogen) atoms. The quantitative estimate of drug-likeness (QED) is 0.624. The number of ether oxygens (including phenoxy) is 1. The molecule has 1 atom stereocenters. The molecule has 0 aromatic rings. The zero-order chi connectivity index (χ0) is 11.1. The number of hydrogen-bond acceptors (Lipinski definition) is 4. The normalized spacial score (nSPS) is 12.0. The fourth-order valence-electron chi connectivity index (χ4n) is 1.05. The molecule has 1 amide bonds. The third-order valence-electron chi connectivity index (χ3n) is 1.89. The molecule has 0 bridgehead atoms. The minimum atomic E-state index is -0.519. The zero-order valence-corrected chi connectivity index (χ0v) is 8.95. The number of carbonyl (C=O) groups is 2. The maximum absolute atomic E-state index is 11.5. The average Bonchev–Trinajstić information content (AvgIpc) is 2.16. The van der Waals surface area contributed by atoms with Crippen molar-refractivity contribution in [1.82, 2.24) is 4.90 Å². The van der Waals surface area contributed by atoms with E-state index in [0.717, 1.165) is 6.42 Å². The first kappa shape index (κ1) is 12.9. The summed E-state index contributed by atoms with van der Waals surface area (Å²) in [6.07, 6.45) is 1.48. The molecule has 0 saturated carbocycles. The second kappa shape index (κ2) is 6.37. The van der Waals surface area contributed by atoms with Gasteiger partial charge in [-0.3, -0.25) is 9.59 Å². The fraction of sp³-hybridized carbons (Fsp3) is 0.778. The molecular formula is C9H18N2O3. The highest BCUT2D eigenvalue weighted by Gasteiger charge is 2.19. The van der Waals surface area contributed by atoms with Crippen LogP contribution in [0.4, 0.5) is 0 Å². The predicted molar refractivity (Wildman–Crippen MR) is 52.5 cm³/mol. The maximum Gasteiger partial charge on any atom is 0.325 e. The number of hydrogen-bond donors (Lipinski definition) is 1. The number of esters is 1. The Morgan fingerprint density at radius 1 is 1.50 bits per heavy atom. The summed E-state index contributed by atoms with van der Waals surface area (Å²) in [6, 6.07) is -0.519. The number of rotatable bonds is 5. The van der Waals surface area contributed by atoms with E-state index >= 15 is 0 Å². The van der Waals surface area contributed by atoms with Gasteiger partial charge in [-0.25, -0.2) is 0 Å². The Kier molecular flexibility index (Phi) is 5.87. The predicted octanol–water partition coefficient (Wildman–Crippen LogP) is -0.255. The summed E-state index contributed by atoms with van der Waals surface area (Å²) in [5, 5.41) is 0. The Hall–Kier alpha value is -1.10. The molecule has 0 aliphatic rings. The van der Waals surface area contributed by atoms with Crippen molar-refractivity contribution in [3.05, 3.63) is 0 Å². The lowest BCUT2D eigenvalue weighted by atomic mass is 10.1. The Bertz CT molecular complexity index is 206. The van der Waals surface area contributed by atoms with Crippen LogP contribution >= 0.6 is 0 Å². The van der Waals surface area contributed by atoms with Gasteiger partial charge in [-0.1, -0.05) is 13.3 Å². The molecule has 0 aromatic carbocycles. The maximum atomic E-state index is 11.5. The molecule has 0 heterocycles. The first-order chi connectivity index (χ1) is 6.52. The summed E-state index contributed by atoms with van der Waals surface area (Å²) in [4.78, 5) is 23.6. The second-order valence-corrected chi connectivity index (χ2v) is 3.17.